The van der Waals surface area contributed by atoms with Crippen LogP contribution in [0.1, 0.15) is 83.9 Å². The fourth-order valence-corrected chi connectivity index (χ4v) is 10.5. The lowest BCUT2D eigenvalue weighted by Gasteiger charge is -2.59. The minimum absolute atomic E-state index is 0.00663. The maximum Gasteiger partial charge on any atom is 0.409 e. The topological polar surface area (TPSA) is 311 Å². The highest BCUT2D eigenvalue weighted by Crippen LogP contribution is 2.50. The molecule has 26 heteroatoms. The number of methoxy groups -OCH3 is 1. The first-order chi connectivity index (χ1) is 38.8. The van der Waals surface area contributed by atoms with Crippen molar-refractivity contribution >= 4 is 70.0 Å². The highest BCUT2D eigenvalue weighted by molar-refractivity contribution is 6.35. The van der Waals surface area contributed by atoms with Crippen molar-refractivity contribution in [3.63, 3.8) is 0 Å². The van der Waals surface area contributed by atoms with E-state index in [9.17, 15) is 48.9 Å². The summed E-state index contributed by atoms with van der Waals surface area (Å²) < 4.78 is 36.9. The van der Waals surface area contributed by atoms with Gasteiger partial charge in [-0.3, -0.25) is 34.7 Å². The molecule has 1 aromatic carbocycles. The van der Waals surface area contributed by atoms with Gasteiger partial charge in [-0.25, -0.2) is 19.6 Å². The number of carboxylic acid groups (broad SMARTS) is 1. The molecule has 2 saturated heterocycles. The van der Waals surface area contributed by atoms with E-state index in [2.05, 4.69) is 26.4 Å². The molecule has 7 rings (SSSR count). The number of fused-ring (bicyclic) bond motifs is 7. The van der Waals surface area contributed by atoms with Crippen LogP contribution in [-0.2, 0) is 72.0 Å². The van der Waals surface area contributed by atoms with Crippen LogP contribution in [0.4, 0.5) is 10.5 Å². The first kappa shape index (κ1) is 64.5. The van der Waals surface area contributed by atoms with Crippen LogP contribution in [0.25, 0.3) is 11.0 Å². The number of amides is 5. The smallest absolute Gasteiger partial charge is 0.409 e. The Labute approximate surface area is 481 Å². The van der Waals surface area contributed by atoms with Gasteiger partial charge in [-0.2, -0.15) is 0 Å². The highest BCUT2D eigenvalue weighted by atomic mass is 35.5. The third-order valence-corrected chi connectivity index (χ3v) is 15.4. The lowest BCUT2D eigenvalue weighted by molar-refractivity contribution is -0.328. The third kappa shape index (κ3) is 16.5. The van der Waals surface area contributed by atoms with Crippen molar-refractivity contribution in [3.05, 3.63) is 76.6 Å². The zero-order valence-corrected chi connectivity index (χ0v) is 48.7. The number of ether oxygens (including phenoxy) is 6. The summed E-state index contributed by atoms with van der Waals surface area (Å²) in [5.74, 6) is -3.66. The van der Waals surface area contributed by atoms with Crippen LogP contribution >= 0.6 is 11.6 Å². The number of alkyl carbamates (subject to hydrolysis) is 1. The molecular weight excluding hydrogens is 1090 g/mol. The number of aryl methyl sites for hydroxylation is 1. The van der Waals surface area contributed by atoms with Crippen molar-refractivity contribution in [3.8, 4) is 5.75 Å². The van der Waals surface area contributed by atoms with Crippen LogP contribution < -0.4 is 31.0 Å². The number of hydrogen-bond donors (Lipinski definition) is 7. The van der Waals surface area contributed by atoms with Crippen LogP contribution in [-0.4, -0.2) is 192 Å². The van der Waals surface area contributed by atoms with Gasteiger partial charge in [-0.15, -0.1) is 0 Å². The summed E-state index contributed by atoms with van der Waals surface area (Å²) in [4.78, 5) is 99.4. The molecule has 450 valence electrons. The number of hydrogen-bond acceptors (Lipinski definition) is 18. The molecular formula is C56H78ClN9O16. The van der Waals surface area contributed by atoms with Gasteiger partial charge in [-0.05, 0) is 83.5 Å². The molecule has 4 aliphatic heterocycles. The second kappa shape index (κ2) is 28.5. The number of aliphatic hydroxyl groups excluding tert-OH is 1. The van der Waals surface area contributed by atoms with Crippen LogP contribution in [0.2, 0.25) is 5.02 Å². The molecule has 6 bridgehead atoms. The molecule has 3 aromatic rings. The van der Waals surface area contributed by atoms with E-state index in [4.69, 9.17) is 40.0 Å². The van der Waals surface area contributed by atoms with E-state index in [0.717, 1.165) is 22.2 Å². The monoisotopic (exact) mass is 1170 g/mol. The Balaban J connectivity index is 0.994. The van der Waals surface area contributed by atoms with Gasteiger partial charge in [-0.1, -0.05) is 35.4 Å². The fraction of sp³-hybridized carbons (Fsp3) is 0.571. The SMILES string of the molecule is CNN(C)Cc1cc2cccnc2n1CCC(=O)N[C@@H](CCC(=O)O)C(=O)NCCOCCOCCC(=O)N(C)[C@@H](C)C(=O)O[C@H]1CC(=O)N(C)c2cc(cc(OC)c2Cl)C/C(C)=C/C=C/[C@@H](O)[C@@]2(O)C[C@H](OC(=O)N2)C2(C)C[C@@]1(C)O2. The molecule has 0 aliphatic carbocycles. The number of rotatable bonds is 24. The second-order valence-corrected chi connectivity index (χ2v) is 21.7. The predicted molar refractivity (Wildman–Crippen MR) is 299 cm³/mol. The normalized spacial score (nSPS) is 24.7. The number of aliphatic carboxylic acids is 1. The molecule has 1 unspecified atom stereocenters. The van der Waals surface area contributed by atoms with Gasteiger partial charge < -0.3 is 68.7 Å². The number of carbonyl (C=O) groups excluding carboxylic acids is 6. The Morgan fingerprint density at radius 3 is 2.45 bits per heavy atom. The number of nitrogens with zero attached hydrogens (tertiary/aromatic N) is 5. The van der Waals surface area contributed by atoms with Gasteiger partial charge in [0.15, 0.2) is 5.72 Å². The maximum atomic E-state index is 14.3. The lowest BCUT2D eigenvalue weighted by Crippen LogP contribution is -2.72. The number of nitrogens with one attached hydrogen (secondary N) is 4. The molecule has 0 spiro atoms. The Morgan fingerprint density at radius 1 is 1.04 bits per heavy atom. The van der Waals surface area contributed by atoms with Crippen molar-refractivity contribution in [2.75, 3.05) is 73.2 Å². The first-order valence-corrected chi connectivity index (χ1v) is 27.5. The molecule has 0 radical (unpaired) electrons. The van der Waals surface area contributed by atoms with Crippen LogP contribution in [0.5, 0.6) is 5.75 Å². The van der Waals surface area contributed by atoms with Crippen LogP contribution in [0, 0.1) is 0 Å². The molecule has 25 nitrogen and oxygen atoms in total. The minimum Gasteiger partial charge on any atom is -0.495 e. The van der Waals surface area contributed by atoms with Crippen molar-refractivity contribution in [1.29, 1.82) is 0 Å². The molecule has 2 aromatic heterocycles. The summed E-state index contributed by atoms with van der Waals surface area (Å²) in [6, 6.07) is 6.96. The summed E-state index contributed by atoms with van der Waals surface area (Å²) in [5, 5.41) is 42.7. The van der Waals surface area contributed by atoms with Gasteiger partial charge in [0.1, 0.15) is 58.0 Å². The second-order valence-electron chi connectivity index (χ2n) is 21.3. The number of hydrazine groups is 1. The number of benzene rings is 1. The fourth-order valence-electron chi connectivity index (χ4n) is 10.1. The number of esters is 1. The van der Waals surface area contributed by atoms with E-state index in [-0.39, 0.29) is 83.1 Å². The molecule has 2 fully saturated rings. The molecule has 5 amide bonds. The molecule has 6 heterocycles. The van der Waals surface area contributed by atoms with E-state index in [1.807, 2.05) is 41.7 Å². The molecule has 82 heavy (non-hydrogen) atoms. The predicted octanol–water partition coefficient (Wildman–Crippen LogP) is 2.90. The Hall–Kier alpha value is -6.71. The van der Waals surface area contributed by atoms with E-state index >= 15 is 0 Å². The standard InChI is InChI=1S/C56H78ClN9O16/c1-34-12-10-14-42(67)56(76)31-44(81-53(75)62-56)55(4)33-54(3,82-55)43(30-47(70)65(8)40-27-36(26-34)28-41(77-9)49(40)57)80-52(74)35(2)64(7)46(69)18-22-78-24-25-79-23-20-60-51(73)39(15-16-48(71)72)61-45(68)17-21-66-38(32-63(6)58-5)29-37-13-11-19-59-50(37)66/h10-14,19,27-29,35,39,42-44,58,67,76H,15-18,20-26,30-33H2,1-9H3,(H,60,73)(H,61,68)(H,62,75)(H,71,72)/b14-10+,34-12+/t35-,39-,42+,43-,44-,54+,55?,56-/m0/s1. The molecule has 4 aliphatic rings. The third-order valence-electron chi connectivity index (χ3n) is 15.0. The number of carbonyl (C=O) groups is 7. The number of carboxylic acids is 1. The Kier molecular flexibility index (Phi) is 22.4. The molecule has 0 saturated carbocycles. The Morgan fingerprint density at radius 2 is 1.76 bits per heavy atom. The first-order valence-electron chi connectivity index (χ1n) is 27.1. The summed E-state index contributed by atoms with van der Waals surface area (Å²) in [6.07, 6.45) is 0.500. The van der Waals surface area contributed by atoms with Crippen molar-refractivity contribution in [2.24, 2.45) is 0 Å². The summed E-state index contributed by atoms with van der Waals surface area (Å²) in [7, 11) is 8.07. The van der Waals surface area contributed by atoms with E-state index in [1.165, 1.54) is 44.0 Å². The highest BCUT2D eigenvalue weighted by Gasteiger charge is 2.63. The van der Waals surface area contributed by atoms with E-state index < -0.39 is 95.4 Å². The van der Waals surface area contributed by atoms with Crippen molar-refractivity contribution < 1.29 is 77.3 Å². The van der Waals surface area contributed by atoms with E-state index in [0.29, 0.717) is 30.0 Å². The average Bonchev–Trinajstić information content (AvgIpc) is 1.31. The lowest BCUT2D eigenvalue weighted by atomic mass is 9.72. The van der Waals surface area contributed by atoms with Crippen LogP contribution in [0.3, 0.4) is 0 Å². The van der Waals surface area contributed by atoms with Crippen molar-refractivity contribution in [2.45, 2.75) is 139 Å². The number of anilines is 1. The Bertz CT molecular complexity index is 2860. The number of pyridine rings is 1. The van der Waals surface area contributed by atoms with Gasteiger partial charge in [0, 0.05) is 77.2 Å². The number of halogens is 1. The number of likely N-dealkylation sites (N-methyl/N-ethyl adjacent to an activating group) is 1. The zero-order chi connectivity index (χ0) is 60.1. The van der Waals surface area contributed by atoms with Gasteiger partial charge in [0.25, 0.3) is 0 Å². The van der Waals surface area contributed by atoms with Gasteiger partial charge in [0.2, 0.25) is 23.6 Å². The minimum atomic E-state index is -2.15. The number of aromatic nitrogens is 2. The quantitative estimate of drug-likeness (QED) is 0.0385. The zero-order valence-electron chi connectivity index (χ0n) is 48.0. The van der Waals surface area contributed by atoms with Gasteiger partial charge >= 0.3 is 18.0 Å². The molecule has 8 atom stereocenters. The maximum absolute atomic E-state index is 14.3. The summed E-state index contributed by atoms with van der Waals surface area (Å²) in [5.41, 5.74) is 1.75. The number of allylic oxidation sites excluding steroid dienone is 3. The van der Waals surface area contributed by atoms with Crippen LogP contribution in [0.15, 0.2) is 60.3 Å². The van der Waals surface area contributed by atoms with Gasteiger partial charge in [0.05, 0.1) is 58.6 Å². The molecule has 7 N–H and O–H groups in total. The number of aliphatic hydroxyl groups is 2. The largest absolute Gasteiger partial charge is 0.495 e. The van der Waals surface area contributed by atoms with Crippen molar-refractivity contribution in [1.82, 2.24) is 40.8 Å². The van der Waals surface area contributed by atoms with E-state index in [1.54, 1.807) is 51.4 Å². The summed E-state index contributed by atoms with van der Waals surface area (Å²) >= 11 is 6.79. The average molecular weight is 1170 g/mol. The summed E-state index contributed by atoms with van der Waals surface area (Å²) in [6.45, 7) is 7.63.